The highest BCUT2D eigenvalue weighted by Gasteiger charge is 2.26. The van der Waals surface area contributed by atoms with E-state index >= 15 is 0 Å². The third-order valence-electron chi connectivity index (χ3n) is 3.28. The fourth-order valence-corrected chi connectivity index (χ4v) is 2.79. The van der Waals surface area contributed by atoms with Gasteiger partial charge in [0.05, 0.1) is 0 Å². The Morgan fingerprint density at radius 1 is 1.30 bits per heavy atom. The Morgan fingerprint density at radius 3 is 2.40 bits per heavy atom. The summed E-state index contributed by atoms with van der Waals surface area (Å²) in [6.07, 6.45) is 1.60. The lowest BCUT2D eigenvalue weighted by Gasteiger charge is -2.27. The number of pyridine rings is 1. The first-order valence-corrected chi connectivity index (χ1v) is 8.33. The molecule has 0 saturated carbocycles. The van der Waals surface area contributed by atoms with E-state index in [0.717, 1.165) is 12.1 Å². The molecule has 0 aliphatic rings. The zero-order valence-corrected chi connectivity index (χ0v) is 13.7. The molecule has 6 heteroatoms. The number of hydrogen-bond acceptors (Lipinski definition) is 4. The van der Waals surface area contributed by atoms with E-state index < -0.39 is 10.0 Å². The molecule has 20 heavy (non-hydrogen) atoms. The maximum atomic E-state index is 12.2. The average Bonchev–Trinajstić information content (AvgIpc) is 2.35. The van der Waals surface area contributed by atoms with Crippen LogP contribution < -0.4 is 10.0 Å². The van der Waals surface area contributed by atoms with Crippen LogP contribution in [0.25, 0.3) is 0 Å². The zero-order chi connectivity index (χ0) is 15.4. The van der Waals surface area contributed by atoms with Crippen LogP contribution in [0.5, 0.6) is 0 Å². The lowest BCUT2D eigenvalue weighted by Crippen LogP contribution is -2.41. The number of nitrogens with zero attached hydrogens (tertiary/aromatic N) is 1. The van der Waals surface area contributed by atoms with E-state index in [0.29, 0.717) is 6.54 Å². The monoisotopic (exact) mass is 299 g/mol. The first kappa shape index (κ1) is 17.1. The van der Waals surface area contributed by atoms with Crippen molar-refractivity contribution in [1.82, 2.24) is 15.0 Å². The Labute approximate surface area is 122 Å². The summed E-state index contributed by atoms with van der Waals surface area (Å²) in [5, 5.41) is 3.23. The lowest BCUT2D eigenvalue weighted by molar-refractivity contribution is 0.317. The quantitative estimate of drug-likeness (QED) is 0.841. The number of rotatable bonds is 6. The Hall–Kier alpha value is -0.980. The molecule has 0 aromatic carbocycles. The number of sulfonamides is 1. The van der Waals surface area contributed by atoms with Crippen molar-refractivity contribution < 1.29 is 8.42 Å². The molecule has 0 radical (unpaired) electrons. The van der Waals surface area contributed by atoms with Gasteiger partial charge in [0.1, 0.15) is 0 Å². The van der Waals surface area contributed by atoms with E-state index in [1.54, 1.807) is 18.3 Å². The molecule has 0 aliphatic carbocycles. The fourth-order valence-electron chi connectivity index (χ4n) is 1.41. The molecule has 1 rings (SSSR count). The molecule has 0 saturated heterocycles. The van der Waals surface area contributed by atoms with Gasteiger partial charge in [-0.15, -0.1) is 0 Å². The molecule has 0 aliphatic heterocycles. The lowest BCUT2D eigenvalue weighted by atomic mass is 9.89. The van der Waals surface area contributed by atoms with Crippen molar-refractivity contribution in [3.8, 4) is 0 Å². The molecule has 0 amide bonds. The van der Waals surface area contributed by atoms with E-state index in [4.69, 9.17) is 0 Å². The molecule has 0 spiro atoms. The molecule has 1 heterocycles. The molecule has 0 bridgehead atoms. The Kier molecular flexibility index (Phi) is 5.68. The summed E-state index contributed by atoms with van der Waals surface area (Å²) in [6, 6.07) is 3.16. The first-order valence-electron chi connectivity index (χ1n) is 6.85. The van der Waals surface area contributed by atoms with Crippen LogP contribution in [0.2, 0.25) is 0 Å². The third kappa shape index (κ3) is 4.85. The normalized spacial score (nSPS) is 14.2. The van der Waals surface area contributed by atoms with Crippen LogP contribution >= 0.6 is 0 Å². The maximum absolute atomic E-state index is 12.2. The molecular formula is C14H25N3O2S. The van der Waals surface area contributed by atoms with Crippen LogP contribution in [-0.2, 0) is 16.6 Å². The minimum absolute atomic E-state index is 0.0637. The fraction of sp³-hybridized carbons (Fsp3) is 0.643. The predicted molar refractivity (Wildman–Crippen MR) is 80.9 cm³/mol. The largest absolute Gasteiger partial charge is 0.313 e. The van der Waals surface area contributed by atoms with Crippen LogP contribution in [0.15, 0.2) is 23.4 Å². The summed E-state index contributed by atoms with van der Waals surface area (Å²) in [5.74, 6) is 0. The summed E-state index contributed by atoms with van der Waals surface area (Å²) in [4.78, 5) is 4.05. The van der Waals surface area contributed by atoms with Crippen molar-refractivity contribution in [3.05, 3.63) is 23.9 Å². The van der Waals surface area contributed by atoms with Crippen LogP contribution in [0, 0.1) is 5.41 Å². The van der Waals surface area contributed by atoms with Gasteiger partial charge < -0.3 is 5.32 Å². The van der Waals surface area contributed by atoms with Gasteiger partial charge in [-0.3, -0.25) is 0 Å². The Morgan fingerprint density at radius 2 is 1.95 bits per heavy atom. The maximum Gasteiger partial charge on any atom is 0.258 e. The first-order chi connectivity index (χ1) is 9.16. The SMILES string of the molecule is CCNCc1ccc(S(=O)(=O)NC(C)C(C)(C)C)nc1. The molecule has 1 unspecified atom stereocenters. The molecule has 114 valence electrons. The van der Waals surface area contributed by atoms with Crippen molar-refractivity contribution in [2.75, 3.05) is 6.54 Å². The summed E-state index contributed by atoms with van der Waals surface area (Å²) in [6.45, 7) is 11.4. The van der Waals surface area contributed by atoms with Crippen LogP contribution in [-0.4, -0.2) is 26.0 Å². The van der Waals surface area contributed by atoms with Gasteiger partial charge in [-0.2, -0.15) is 0 Å². The van der Waals surface area contributed by atoms with Crippen molar-refractivity contribution >= 4 is 10.0 Å². The van der Waals surface area contributed by atoms with Crippen molar-refractivity contribution in [1.29, 1.82) is 0 Å². The highest BCUT2D eigenvalue weighted by molar-refractivity contribution is 7.89. The predicted octanol–water partition coefficient (Wildman–Crippen LogP) is 1.90. The highest BCUT2D eigenvalue weighted by atomic mass is 32.2. The smallest absolute Gasteiger partial charge is 0.258 e. The van der Waals surface area contributed by atoms with E-state index in [9.17, 15) is 8.42 Å². The van der Waals surface area contributed by atoms with Crippen molar-refractivity contribution in [2.24, 2.45) is 5.41 Å². The topological polar surface area (TPSA) is 71.1 Å². The summed E-state index contributed by atoms with van der Waals surface area (Å²) >= 11 is 0. The van der Waals surface area contributed by atoms with Gasteiger partial charge >= 0.3 is 0 Å². The van der Waals surface area contributed by atoms with Crippen molar-refractivity contribution in [2.45, 2.75) is 52.2 Å². The van der Waals surface area contributed by atoms with E-state index in [2.05, 4.69) is 15.0 Å². The Bertz CT molecular complexity index is 518. The second-order valence-corrected chi connectivity index (χ2v) is 7.65. The average molecular weight is 299 g/mol. The minimum atomic E-state index is -3.56. The number of hydrogen-bond donors (Lipinski definition) is 2. The van der Waals surface area contributed by atoms with Gasteiger partial charge in [-0.05, 0) is 30.5 Å². The summed E-state index contributed by atoms with van der Waals surface area (Å²) in [7, 11) is -3.56. The Balaban J connectivity index is 2.83. The van der Waals surface area contributed by atoms with Gasteiger partial charge in [0, 0.05) is 18.8 Å². The second kappa shape index (κ2) is 6.65. The second-order valence-electron chi connectivity index (χ2n) is 5.99. The molecular weight excluding hydrogens is 274 g/mol. The molecule has 1 aromatic rings. The van der Waals surface area contributed by atoms with E-state index in [1.807, 2.05) is 34.6 Å². The van der Waals surface area contributed by atoms with Crippen LogP contribution in [0.4, 0.5) is 0 Å². The van der Waals surface area contributed by atoms with E-state index in [1.165, 1.54) is 0 Å². The number of nitrogens with one attached hydrogen (secondary N) is 2. The standard InChI is InChI=1S/C14H25N3O2S/c1-6-15-9-12-7-8-13(16-10-12)20(18,19)17-11(2)14(3,4)5/h7-8,10-11,15,17H,6,9H2,1-5H3. The third-order valence-corrected chi connectivity index (χ3v) is 4.74. The van der Waals surface area contributed by atoms with Crippen LogP contribution in [0.3, 0.4) is 0 Å². The number of aromatic nitrogens is 1. The molecule has 1 aromatic heterocycles. The zero-order valence-electron chi connectivity index (χ0n) is 12.9. The molecule has 0 fully saturated rings. The van der Waals surface area contributed by atoms with Gasteiger partial charge in [-0.1, -0.05) is 33.8 Å². The summed E-state index contributed by atoms with van der Waals surface area (Å²) < 4.78 is 27.1. The van der Waals surface area contributed by atoms with Gasteiger partial charge in [-0.25, -0.2) is 18.1 Å². The van der Waals surface area contributed by atoms with Gasteiger partial charge in [0.15, 0.2) is 5.03 Å². The van der Waals surface area contributed by atoms with E-state index in [-0.39, 0.29) is 16.5 Å². The van der Waals surface area contributed by atoms with Crippen LogP contribution in [0.1, 0.15) is 40.2 Å². The van der Waals surface area contributed by atoms with Gasteiger partial charge in [0.25, 0.3) is 10.0 Å². The molecule has 1 atom stereocenters. The minimum Gasteiger partial charge on any atom is -0.313 e. The summed E-state index contributed by atoms with van der Waals surface area (Å²) in [5.41, 5.74) is 0.826. The molecule has 5 nitrogen and oxygen atoms in total. The molecule has 2 N–H and O–H groups in total. The van der Waals surface area contributed by atoms with Gasteiger partial charge in [0.2, 0.25) is 0 Å². The highest BCUT2D eigenvalue weighted by Crippen LogP contribution is 2.20. The van der Waals surface area contributed by atoms with Crippen molar-refractivity contribution in [3.63, 3.8) is 0 Å².